The number of rotatable bonds is 5. The maximum Gasteiger partial charge on any atom is 0.129 e. The van der Waals surface area contributed by atoms with Gasteiger partial charge in [-0.15, -0.1) is 0 Å². The molecule has 106 valence electrons. The third kappa shape index (κ3) is 3.96. The van der Waals surface area contributed by atoms with Crippen molar-refractivity contribution in [1.82, 2.24) is 10.2 Å². The van der Waals surface area contributed by atoms with Crippen LogP contribution in [0.15, 0.2) is 12.1 Å². The number of hydrogen-bond donors (Lipinski definition) is 1. The molecule has 3 nitrogen and oxygen atoms in total. The zero-order valence-electron chi connectivity index (χ0n) is 11.2. The number of nitrogens with zero attached hydrogens (tertiary/aromatic N) is 1. The van der Waals surface area contributed by atoms with Crippen molar-refractivity contribution in [3.63, 3.8) is 0 Å². The standard InChI is InChI=1S/C14H20F2N2O/c1-19-10-12-9-13(15)11(8-14(12)16)2-5-18-6-3-17-4-7-18/h8-9,17H,2-7,10H2,1H3. The summed E-state index contributed by atoms with van der Waals surface area (Å²) in [6.45, 7) is 4.72. The van der Waals surface area contributed by atoms with E-state index in [2.05, 4.69) is 10.2 Å². The predicted octanol–water partition coefficient (Wildman–Crippen LogP) is 1.56. The molecule has 0 aliphatic carbocycles. The van der Waals surface area contributed by atoms with Crippen LogP contribution >= 0.6 is 0 Å². The molecule has 1 fully saturated rings. The van der Waals surface area contributed by atoms with Gasteiger partial charge in [-0.05, 0) is 24.1 Å². The monoisotopic (exact) mass is 270 g/mol. The summed E-state index contributed by atoms with van der Waals surface area (Å²) in [4.78, 5) is 2.26. The average Bonchev–Trinajstić information content (AvgIpc) is 2.42. The first-order chi connectivity index (χ1) is 9.20. The molecule has 0 aromatic heterocycles. The zero-order valence-corrected chi connectivity index (χ0v) is 11.2. The molecule has 1 saturated heterocycles. The second kappa shape index (κ2) is 6.93. The van der Waals surface area contributed by atoms with Gasteiger partial charge < -0.3 is 15.0 Å². The molecule has 0 unspecified atom stereocenters. The van der Waals surface area contributed by atoms with Crippen LogP contribution in [0.2, 0.25) is 0 Å². The summed E-state index contributed by atoms with van der Waals surface area (Å²) in [5, 5.41) is 3.27. The van der Waals surface area contributed by atoms with Gasteiger partial charge >= 0.3 is 0 Å². The van der Waals surface area contributed by atoms with Gasteiger partial charge in [-0.25, -0.2) is 8.78 Å². The van der Waals surface area contributed by atoms with E-state index < -0.39 is 5.82 Å². The van der Waals surface area contributed by atoms with Gasteiger partial charge in [0.05, 0.1) is 6.61 Å². The average molecular weight is 270 g/mol. The second-order valence-electron chi connectivity index (χ2n) is 4.81. The van der Waals surface area contributed by atoms with Crippen molar-refractivity contribution in [1.29, 1.82) is 0 Å². The lowest BCUT2D eigenvalue weighted by atomic mass is 10.1. The van der Waals surface area contributed by atoms with Crippen LogP contribution in [-0.4, -0.2) is 44.7 Å². The van der Waals surface area contributed by atoms with E-state index >= 15 is 0 Å². The molecule has 1 heterocycles. The first-order valence-corrected chi connectivity index (χ1v) is 6.59. The molecule has 1 aliphatic rings. The molecule has 1 aliphatic heterocycles. The van der Waals surface area contributed by atoms with Gasteiger partial charge in [-0.1, -0.05) is 0 Å². The minimum Gasteiger partial charge on any atom is -0.380 e. The van der Waals surface area contributed by atoms with Crippen LogP contribution in [0.5, 0.6) is 0 Å². The molecule has 19 heavy (non-hydrogen) atoms. The van der Waals surface area contributed by atoms with Crippen LogP contribution in [0.4, 0.5) is 8.78 Å². The molecule has 2 rings (SSSR count). The van der Waals surface area contributed by atoms with Crippen LogP contribution < -0.4 is 5.32 Å². The number of halogens is 2. The van der Waals surface area contributed by atoms with E-state index in [1.54, 1.807) is 0 Å². The first kappa shape index (κ1) is 14.4. The van der Waals surface area contributed by atoms with Crippen molar-refractivity contribution < 1.29 is 13.5 Å². The molecule has 1 aromatic rings. The highest BCUT2D eigenvalue weighted by molar-refractivity contribution is 5.26. The lowest BCUT2D eigenvalue weighted by Crippen LogP contribution is -2.44. The van der Waals surface area contributed by atoms with Crippen molar-refractivity contribution >= 4 is 0 Å². The van der Waals surface area contributed by atoms with E-state index in [1.807, 2.05) is 0 Å². The summed E-state index contributed by atoms with van der Waals surface area (Å²) < 4.78 is 32.4. The number of ether oxygens (including phenoxy) is 1. The van der Waals surface area contributed by atoms with Gasteiger partial charge in [0.1, 0.15) is 11.6 Å². The topological polar surface area (TPSA) is 24.5 Å². The highest BCUT2D eigenvalue weighted by Crippen LogP contribution is 2.16. The molecular weight excluding hydrogens is 250 g/mol. The van der Waals surface area contributed by atoms with Crippen LogP contribution in [0.1, 0.15) is 11.1 Å². The van der Waals surface area contributed by atoms with E-state index in [0.717, 1.165) is 32.7 Å². The Kier molecular flexibility index (Phi) is 5.24. The van der Waals surface area contributed by atoms with Gasteiger partial charge in [0.15, 0.2) is 0 Å². The molecule has 0 saturated carbocycles. The molecule has 1 N–H and O–H groups in total. The maximum atomic E-state index is 13.9. The third-order valence-electron chi connectivity index (χ3n) is 3.42. The molecule has 5 heteroatoms. The van der Waals surface area contributed by atoms with Gasteiger partial charge in [-0.3, -0.25) is 0 Å². The molecular formula is C14H20F2N2O. The highest BCUT2D eigenvalue weighted by atomic mass is 19.1. The predicted molar refractivity (Wildman–Crippen MR) is 70.1 cm³/mol. The Morgan fingerprint density at radius 2 is 1.79 bits per heavy atom. The highest BCUT2D eigenvalue weighted by Gasteiger charge is 2.13. The number of nitrogens with one attached hydrogen (secondary N) is 1. The number of hydrogen-bond acceptors (Lipinski definition) is 3. The SMILES string of the molecule is COCc1cc(F)c(CCN2CCNCC2)cc1F. The summed E-state index contributed by atoms with van der Waals surface area (Å²) in [6.07, 6.45) is 0.538. The Hall–Kier alpha value is -1.04. The van der Waals surface area contributed by atoms with Gasteiger partial charge in [0.25, 0.3) is 0 Å². The normalized spacial score (nSPS) is 16.8. The van der Waals surface area contributed by atoms with E-state index in [-0.39, 0.29) is 18.0 Å². The fourth-order valence-corrected chi connectivity index (χ4v) is 2.30. The molecule has 0 radical (unpaired) electrons. The van der Waals surface area contributed by atoms with Crippen molar-refractivity contribution in [3.05, 3.63) is 34.9 Å². The minimum atomic E-state index is -0.390. The number of benzene rings is 1. The first-order valence-electron chi connectivity index (χ1n) is 6.59. The maximum absolute atomic E-state index is 13.9. The molecule has 1 aromatic carbocycles. The largest absolute Gasteiger partial charge is 0.380 e. The second-order valence-corrected chi connectivity index (χ2v) is 4.81. The van der Waals surface area contributed by atoms with Crippen LogP contribution in [0.25, 0.3) is 0 Å². The van der Waals surface area contributed by atoms with Crippen molar-refractivity contribution in [2.75, 3.05) is 39.8 Å². The van der Waals surface area contributed by atoms with Gasteiger partial charge in [0.2, 0.25) is 0 Å². The van der Waals surface area contributed by atoms with E-state index in [4.69, 9.17) is 4.74 Å². The zero-order chi connectivity index (χ0) is 13.7. The van der Waals surface area contributed by atoms with E-state index in [0.29, 0.717) is 12.0 Å². The van der Waals surface area contributed by atoms with Gasteiger partial charge in [-0.2, -0.15) is 0 Å². The smallest absolute Gasteiger partial charge is 0.129 e. The fourth-order valence-electron chi connectivity index (χ4n) is 2.30. The minimum absolute atomic E-state index is 0.0980. The molecule has 0 atom stereocenters. The van der Waals surface area contributed by atoms with Gasteiger partial charge in [0, 0.05) is 45.4 Å². The Bertz CT molecular complexity index is 420. The number of methoxy groups -OCH3 is 1. The van der Waals surface area contributed by atoms with E-state index in [9.17, 15) is 8.78 Å². The summed E-state index contributed by atoms with van der Waals surface area (Å²) in [5.41, 5.74) is 0.710. The van der Waals surface area contributed by atoms with Crippen LogP contribution in [-0.2, 0) is 17.8 Å². The van der Waals surface area contributed by atoms with Crippen molar-refractivity contribution in [2.45, 2.75) is 13.0 Å². The summed E-state index contributed by atoms with van der Waals surface area (Å²) in [5.74, 6) is -0.734. The summed E-state index contributed by atoms with van der Waals surface area (Å²) in [7, 11) is 1.47. The van der Waals surface area contributed by atoms with Crippen molar-refractivity contribution in [2.24, 2.45) is 0 Å². The lowest BCUT2D eigenvalue weighted by molar-refractivity contribution is 0.181. The Morgan fingerprint density at radius 1 is 1.16 bits per heavy atom. The van der Waals surface area contributed by atoms with E-state index in [1.165, 1.54) is 19.2 Å². The van der Waals surface area contributed by atoms with Crippen LogP contribution in [0, 0.1) is 11.6 Å². The summed E-state index contributed by atoms with van der Waals surface area (Å²) >= 11 is 0. The molecule has 0 amide bonds. The number of piperazine rings is 1. The quantitative estimate of drug-likeness (QED) is 0.879. The third-order valence-corrected chi connectivity index (χ3v) is 3.42. The molecule has 0 bridgehead atoms. The lowest BCUT2D eigenvalue weighted by Gasteiger charge is -2.27. The van der Waals surface area contributed by atoms with Crippen LogP contribution in [0.3, 0.4) is 0 Å². The fraction of sp³-hybridized carbons (Fsp3) is 0.571. The Balaban J connectivity index is 1.97. The Labute approximate surface area is 112 Å². The molecule has 0 spiro atoms. The van der Waals surface area contributed by atoms with Crippen molar-refractivity contribution in [3.8, 4) is 0 Å². The summed E-state index contributed by atoms with van der Waals surface area (Å²) in [6, 6.07) is 2.54. The Morgan fingerprint density at radius 3 is 2.47 bits per heavy atom.